The van der Waals surface area contributed by atoms with Crippen LogP contribution in [-0.2, 0) is 6.18 Å². The first-order chi connectivity index (χ1) is 13.7. The van der Waals surface area contributed by atoms with Gasteiger partial charge in [0.05, 0.1) is 22.7 Å². The summed E-state index contributed by atoms with van der Waals surface area (Å²) in [5.74, 6) is -0.129. The van der Waals surface area contributed by atoms with E-state index in [1.165, 1.54) is 10.9 Å². The fourth-order valence-electron chi connectivity index (χ4n) is 2.39. The molecular weight excluding hydrogens is 455 g/mol. The number of nitriles is 1. The van der Waals surface area contributed by atoms with Crippen LogP contribution in [0.15, 0.2) is 41.5 Å². The summed E-state index contributed by atoms with van der Waals surface area (Å²) >= 11 is 3.15. The highest BCUT2D eigenvalue weighted by Crippen LogP contribution is 2.29. The van der Waals surface area contributed by atoms with Crippen LogP contribution >= 0.6 is 15.9 Å². The van der Waals surface area contributed by atoms with Crippen LogP contribution in [0.25, 0.3) is 5.82 Å². The molecule has 1 N–H and O–H groups in total. The van der Waals surface area contributed by atoms with E-state index in [1.54, 1.807) is 19.1 Å². The average Bonchev–Trinajstić information content (AvgIpc) is 3.09. The van der Waals surface area contributed by atoms with Gasteiger partial charge in [-0.15, -0.1) is 5.10 Å². The van der Waals surface area contributed by atoms with Crippen LogP contribution in [0.2, 0.25) is 0 Å². The van der Waals surface area contributed by atoms with Crippen molar-refractivity contribution in [2.24, 2.45) is 0 Å². The maximum Gasteiger partial charge on any atom is 0.417 e. The van der Waals surface area contributed by atoms with Crippen molar-refractivity contribution in [1.82, 2.24) is 30.0 Å². The molecular formula is C17H11BrF3N7O. The standard InChI is InChI=1S/C17H11BrF3N7O/c1-9(25-15(29)11-4-12(8-23-7-11)17(19,20)21)14-26-16(18)27-28(14)13-3-2-10(5-22)6-24-13/h2-4,6-9H,1H3,(H,25,29). The maximum absolute atomic E-state index is 12.8. The van der Waals surface area contributed by atoms with Crippen LogP contribution in [0, 0.1) is 11.3 Å². The first kappa shape index (κ1) is 20.4. The van der Waals surface area contributed by atoms with E-state index < -0.39 is 23.7 Å². The van der Waals surface area contributed by atoms with Crippen molar-refractivity contribution in [3.8, 4) is 11.9 Å². The summed E-state index contributed by atoms with van der Waals surface area (Å²) in [7, 11) is 0. The lowest BCUT2D eigenvalue weighted by atomic mass is 10.2. The first-order valence-electron chi connectivity index (χ1n) is 8.01. The van der Waals surface area contributed by atoms with E-state index in [0.29, 0.717) is 17.6 Å². The van der Waals surface area contributed by atoms with Crippen molar-refractivity contribution >= 4 is 21.8 Å². The predicted molar refractivity (Wildman–Crippen MR) is 96.7 cm³/mol. The van der Waals surface area contributed by atoms with Gasteiger partial charge in [-0.25, -0.2) is 9.97 Å². The van der Waals surface area contributed by atoms with Crippen LogP contribution < -0.4 is 5.32 Å². The second-order valence-electron chi connectivity index (χ2n) is 5.82. The summed E-state index contributed by atoms with van der Waals surface area (Å²) in [5.41, 5.74) is -0.910. The Bertz CT molecular complexity index is 1090. The van der Waals surface area contributed by atoms with Crippen LogP contribution in [0.4, 0.5) is 13.2 Å². The molecule has 3 heterocycles. The Kier molecular flexibility index (Phi) is 5.60. The van der Waals surface area contributed by atoms with Gasteiger partial charge in [-0.05, 0) is 41.1 Å². The minimum Gasteiger partial charge on any atom is -0.342 e. The molecule has 0 radical (unpaired) electrons. The third kappa shape index (κ3) is 4.57. The number of rotatable bonds is 4. The lowest BCUT2D eigenvalue weighted by molar-refractivity contribution is -0.137. The van der Waals surface area contributed by atoms with Gasteiger partial charge in [0.15, 0.2) is 11.6 Å². The van der Waals surface area contributed by atoms with Crippen LogP contribution in [0.3, 0.4) is 0 Å². The van der Waals surface area contributed by atoms with Crippen molar-refractivity contribution in [2.45, 2.75) is 19.1 Å². The largest absolute Gasteiger partial charge is 0.417 e. The monoisotopic (exact) mass is 465 g/mol. The van der Waals surface area contributed by atoms with Gasteiger partial charge in [0.2, 0.25) is 4.73 Å². The second kappa shape index (κ2) is 7.96. The topological polar surface area (TPSA) is 109 Å². The van der Waals surface area contributed by atoms with Gasteiger partial charge >= 0.3 is 6.18 Å². The normalized spacial score (nSPS) is 12.3. The molecule has 148 valence electrons. The Hall–Kier alpha value is -3.33. The van der Waals surface area contributed by atoms with Crippen molar-refractivity contribution in [3.05, 3.63) is 64.0 Å². The second-order valence-corrected chi connectivity index (χ2v) is 6.53. The molecule has 0 fully saturated rings. The number of carbonyl (C=O) groups excluding carboxylic acids is 1. The smallest absolute Gasteiger partial charge is 0.342 e. The van der Waals surface area contributed by atoms with E-state index >= 15 is 0 Å². The average molecular weight is 466 g/mol. The zero-order chi connectivity index (χ0) is 21.2. The molecule has 1 unspecified atom stereocenters. The van der Waals surface area contributed by atoms with Crippen molar-refractivity contribution in [2.75, 3.05) is 0 Å². The fraction of sp³-hybridized carbons (Fsp3) is 0.176. The van der Waals surface area contributed by atoms with Crippen LogP contribution in [0.5, 0.6) is 0 Å². The molecule has 1 atom stereocenters. The highest BCUT2D eigenvalue weighted by Gasteiger charge is 2.31. The van der Waals surface area contributed by atoms with Gasteiger partial charge in [0.25, 0.3) is 5.91 Å². The predicted octanol–water partition coefficient (Wildman–Crippen LogP) is 3.20. The summed E-state index contributed by atoms with van der Waals surface area (Å²) in [6.45, 7) is 1.59. The Morgan fingerprint density at radius 2 is 2.07 bits per heavy atom. The Morgan fingerprint density at radius 3 is 2.69 bits per heavy atom. The highest BCUT2D eigenvalue weighted by molar-refractivity contribution is 9.10. The molecule has 12 heteroatoms. The quantitative estimate of drug-likeness (QED) is 0.633. The number of alkyl halides is 3. The number of halogens is 4. The molecule has 0 aliphatic rings. The van der Waals surface area contributed by atoms with Crippen molar-refractivity contribution < 1.29 is 18.0 Å². The molecule has 0 saturated heterocycles. The summed E-state index contributed by atoms with van der Waals surface area (Å²) < 4.78 is 40.1. The number of nitrogens with one attached hydrogen (secondary N) is 1. The van der Waals surface area contributed by atoms with E-state index in [9.17, 15) is 18.0 Å². The number of carbonyl (C=O) groups is 1. The van der Waals surface area contributed by atoms with E-state index in [2.05, 4.69) is 41.3 Å². The summed E-state index contributed by atoms with van der Waals surface area (Å²) in [5, 5.41) is 15.6. The molecule has 0 saturated carbocycles. The van der Waals surface area contributed by atoms with Gasteiger partial charge in [-0.1, -0.05) is 0 Å². The van der Waals surface area contributed by atoms with Gasteiger partial charge in [0, 0.05) is 18.6 Å². The lowest BCUT2D eigenvalue weighted by Gasteiger charge is -2.15. The molecule has 8 nitrogen and oxygen atoms in total. The van der Waals surface area contributed by atoms with E-state index in [4.69, 9.17) is 5.26 Å². The Morgan fingerprint density at radius 1 is 1.31 bits per heavy atom. The van der Waals surface area contributed by atoms with E-state index in [1.807, 2.05) is 6.07 Å². The lowest BCUT2D eigenvalue weighted by Crippen LogP contribution is -2.29. The fourth-order valence-corrected chi connectivity index (χ4v) is 2.73. The summed E-state index contributed by atoms with van der Waals surface area (Å²) in [4.78, 5) is 24.2. The van der Waals surface area contributed by atoms with Gasteiger partial charge in [-0.2, -0.15) is 23.1 Å². The van der Waals surface area contributed by atoms with Crippen LogP contribution in [-0.4, -0.2) is 30.6 Å². The molecule has 29 heavy (non-hydrogen) atoms. The summed E-state index contributed by atoms with van der Waals surface area (Å²) in [6.07, 6.45) is -1.57. The summed E-state index contributed by atoms with van der Waals surface area (Å²) in [6, 6.07) is 5.03. The SMILES string of the molecule is CC(NC(=O)c1cncc(C(F)(F)F)c1)c1nc(Br)nn1-c1ccc(C#N)cn1. The number of aromatic nitrogens is 5. The van der Waals surface area contributed by atoms with Gasteiger partial charge < -0.3 is 5.32 Å². The number of hydrogen-bond donors (Lipinski definition) is 1. The molecule has 0 aliphatic carbocycles. The third-order valence-corrected chi connectivity index (χ3v) is 4.10. The van der Waals surface area contributed by atoms with Gasteiger partial charge in [-0.3, -0.25) is 9.78 Å². The number of nitrogens with zero attached hydrogens (tertiary/aromatic N) is 6. The molecule has 0 aliphatic heterocycles. The minimum atomic E-state index is -4.61. The van der Waals surface area contributed by atoms with E-state index in [0.717, 1.165) is 12.3 Å². The first-order valence-corrected chi connectivity index (χ1v) is 8.80. The molecule has 3 aromatic heterocycles. The zero-order valence-corrected chi connectivity index (χ0v) is 16.2. The molecule has 0 bridgehead atoms. The number of amides is 1. The molecule has 0 aromatic carbocycles. The number of pyridine rings is 2. The zero-order valence-electron chi connectivity index (χ0n) is 14.6. The van der Waals surface area contributed by atoms with Crippen molar-refractivity contribution in [3.63, 3.8) is 0 Å². The molecule has 3 rings (SSSR count). The van der Waals surface area contributed by atoms with Crippen molar-refractivity contribution in [1.29, 1.82) is 5.26 Å². The Balaban J connectivity index is 1.85. The minimum absolute atomic E-state index is 0.223. The third-order valence-electron chi connectivity index (χ3n) is 3.76. The maximum atomic E-state index is 12.8. The van der Waals surface area contributed by atoms with Gasteiger partial charge in [0.1, 0.15) is 6.07 Å². The Labute approximate surface area is 170 Å². The molecule has 0 spiro atoms. The van der Waals surface area contributed by atoms with Crippen LogP contribution in [0.1, 0.15) is 40.3 Å². The molecule has 1 amide bonds. The number of hydrogen-bond acceptors (Lipinski definition) is 6. The van der Waals surface area contributed by atoms with E-state index in [-0.39, 0.29) is 16.1 Å². The molecule has 3 aromatic rings. The highest BCUT2D eigenvalue weighted by atomic mass is 79.9.